The SMILES string of the molecule is COc1ccc([C@@H]2CC(c3ccccc3)=Nc3c(-c4ccccc4)c(C)nn32)cc1. The van der Waals surface area contributed by atoms with Crippen molar-refractivity contribution in [1.82, 2.24) is 9.78 Å². The molecule has 0 radical (unpaired) electrons. The van der Waals surface area contributed by atoms with Gasteiger partial charge in [-0.1, -0.05) is 72.8 Å². The molecule has 4 aromatic rings. The molecule has 4 nitrogen and oxygen atoms in total. The Morgan fingerprint density at radius 3 is 2.10 bits per heavy atom. The maximum Gasteiger partial charge on any atom is 0.159 e. The molecule has 0 bridgehead atoms. The summed E-state index contributed by atoms with van der Waals surface area (Å²) in [7, 11) is 1.69. The predicted octanol–water partition coefficient (Wildman–Crippen LogP) is 5.98. The van der Waals surface area contributed by atoms with Gasteiger partial charge >= 0.3 is 0 Å². The van der Waals surface area contributed by atoms with Crippen LogP contribution >= 0.6 is 0 Å². The quantitative estimate of drug-likeness (QED) is 0.428. The first-order chi connectivity index (χ1) is 14.7. The number of benzene rings is 3. The number of aryl methyl sites for hydroxylation is 1. The highest BCUT2D eigenvalue weighted by atomic mass is 16.5. The molecule has 0 amide bonds. The van der Waals surface area contributed by atoms with Crippen molar-refractivity contribution in [3.8, 4) is 16.9 Å². The zero-order valence-electron chi connectivity index (χ0n) is 17.1. The molecule has 3 aromatic carbocycles. The van der Waals surface area contributed by atoms with Gasteiger partial charge in [-0.05, 0) is 35.7 Å². The standard InChI is InChI=1S/C26H23N3O/c1-18-25(21-11-7-4-8-12-21)26-27-23(19-9-5-3-6-10-19)17-24(29(26)28-18)20-13-15-22(30-2)16-14-20/h3-16,24H,17H2,1-2H3/t24-/m0/s1. The molecule has 30 heavy (non-hydrogen) atoms. The topological polar surface area (TPSA) is 39.4 Å². The van der Waals surface area contributed by atoms with E-state index in [4.69, 9.17) is 14.8 Å². The smallest absolute Gasteiger partial charge is 0.159 e. The van der Waals surface area contributed by atoms with Crippen LogP contribution in [0.5, 0.6) is 5.75 Å². The van der Waals surface area contributed by atoms with Crippen molar-refractivity contribution in [3.63, 3.8) is 0 Å². The van der Waals surface area contributed by atoms with Crippen LogP contribution in [-0.4, -0.2) is 22.6 Å². The van der Waals surface area contributed by atoms with Crippen molar-refractivity contribution in [1.29, 1.82) is 0 Å². The fraction of sp³-hybridized carbons (Fsp3) is 0.154. The van der Waals surface area contributed by atoms with Crippen molar-refractivity contribution in [2.75, 3.05) is 7.11 Å². The number of nitrogens with zero attached hydrogens (tertiary/aromatic N) is 3. The van der Waals surface area contributed by atoms with Crippen LogP contribution in [0.1, 0.15) is 29.3 Å². The van der Waals surface area contributed by atoms with Crippen molar-refractivity contribution >= 4 is 11.5 Å². The van der Waals surface area contributed by atoms with Gasteiger partial charge in [-0.3, -0.25) is 0 Å². The Kier molecular flexibility index (Phi) is 4.68. The van der Waals surface area contributed by atoms with Gasteiger partial charge in [-0.2, -0.15) is 5.10 Å². The summed E-state index contributed by atoms with van der Waals surface area (Å²) < 4.78 is 7.44. The summed E-state index contributed by atoms with van der Waals surface area (Å²) in [6.07, 6.45) is 0.790. The first-order valence-electron chi connectivity index (χ1n) is 10.2. The summed E-state index contributed by atoms with van der Waals surface area (Å²) in [6, 6.07) is 29.2. The van der Waals surface area contributed by atoms with Crippen molar-refractivity contribution in [2.24, 2.45) is 4.99 Å². The minimum absolute atomic E-state index is 0.0785. The molecular weight excluding hydrogens is 370 g/mol. The Bertz CT molecular complexity index is 1190. The molecule has 4 heteroatoms. The lowest BCUT2D eigenvalue weighted by Gasteiger charge is -2.25. The maximum atomic E-state index is 5.35. The van der Waals surface area contributed by atoms with Crippen molar-refractivity contribution in [3.05, 3.63) is 102 Å². The zero-order valence-corrected chi connectivity index (χ0v) is 17.1. The number of fused-ring (bicyclic) bond motifs is 1. The normalized spacial score (nSPS) is 15.4. The van der Waals surface area contributed by atoms with Gasteiger partial charge in [0.2, 0.25) is 0 Å². The molecule has 1 atom stereocenters. The number of ether oxygens (including phenoxy) is 1. The van der Waals surface area contributed by atoms with Gasteiger partial charge in [0.15, 0.2) is 5.82 Å². The van der Waals surface area contributed by atoms with Gasteiger partial charge in [0.1, 0.15) is 5.75 Å². The zero-order chi connectivity index (χ0) is 20.5. The molecule has 0 N–H and O–H groups in total. The monoisotopic (exact) mass is 393 g/mol. The summed E-state index contributed by atoms with van der Waals surface area (Å²) in [4.78, 5) is 5.11. The Hall–Kier alpha value is -3.66. The minimum Gasteiger partial charge on any atom is -0.497 e. The molecule has 0 unspecified atom stereocenters. The summed E-state index contributed by atoms with van der Waals surface area (Å²) in [5.74, 6) is 1.78. The maximum absolute atomic E-state index is 5.35. The first kappa shape index (κ1) is 18.4. The third kappa shape index (κ3) is 3.20. The Labute approximate surface area is 176 Å². The van der Waals surface area contributed by atoms with E-state index in [9.17, 15) is 0 Å². The average Bonchev–Trinajstić information content (AvgIpc) is 3.15. The van der Waals surface area contributed by atoms with Crippen LogP contribution in [0.2, 0.25) is 0 Å². The predicted molar refractivity (Wildman–Crippen MR) is 121 cm³/mol. The molecule has 1 aliphatic rings. The summed E-state index contributed by atoms with van der Waals surface area (Å²) in [5.41, 5.74) is 6.67. The lowest BCUT2D eigenvalue weighted by molar-refractivity contribution is 0.414. The van der Waals surface area contributed by atoms with Crippen LogP contribution in [0, 0.1) is 6.92 Å². The van der Waals surface area contributed by atoms with Gasteiger partial charge in [0.05, 0.1) is 24.6 Å². The van der Waals surface area contributed by atoms with Crippen LogP contribution in [0.25, 0.3) is 11.1 Å². The Morgan fingerprint density at radius 2 is 1.47 bits per heavy atom. The van der Waals surface area contributed by atoms with Crippen LogP contribution < -0.4 is 4.74 Å². The number of aromatic nitrogens is 2. The average molecular weight is 393 g/mol. The molecule has 0 aliphatic carbocycles. The summed E-state index contributed by atoms with van der Waals surface area (Å²) in [6.45, 7) is 2.07. The van der Waals surface area contributed by atoms with Crippen molar-refractivity contribution < 1.29 is 4.74 Å². The van der Waals surface area contributed by atoms with Crippen LogP contribution in [0.3, 0.4) is 0 Å². The molecule has 0 fully saturated rings. The van der Waals surface area contributed by atoms with E-state index < -0.39 is 0 Å². The molecule has 0 saturated carbocycles. The number of hydrogen-bond acceptors (Lipinski definition) is 3. The van der Waals surface area contributed by atoms with E-state index in [2.05, 4.69) is 72.3 Å². The molecule has 148 valence electrons. The lowest BCUT2D eigenvalue weighted by atomic mass is 9.95. The van der Waals surface area contributed by atoms with E-state index in [0.29, 0.717) is 0 Å². The van der Waals surface area contributed by atoms with Crippen LogP contribution in [0.4, 0.5) is 5.82 Å². The number of methoxy groups -OCH3 is 1. The van der Waals surface area contributed by atoms with Gasteiger partial charge in [-0.25, -0.2) is 9.67 Å². The molecule has 0 spiro atoms. The second-order valence-electron chi connectivity index (χ2n) is 7.51. The molecule has 1 aliphatic heterocycles. The fourth-order valence-corrected chi connectivity index (χ4v) is 4.14. The van der Waals surface area contributed by atoms with Gasteiger partial charge in [-0.15, -0.1) is 0 Å². The third-order valence-electron chi connectivity index (χ3n) is 5.65. The summed E-state index contributed by atoms with van der Waals surface area (Å²) >= 11 is 0. The number of hydrogen-bond donors (Lipinski definition) is 0. The molecule has 1 aromatic heterocycles. The first-order valence-corrected chi connectivity index (χ1v) is 10.2. The highest BCUT2D eigenvalue weighted by molar-refractivity contribution is 6.04. The van der Waals surface area contributed by atoms with E-state index in [1.54, 1.807) is 7.11 Å². The Morgan fingerprint density at radius 1 is 0.833 bits per heavy atom. The van der Waals surface area contributed by atoms with E-state index in [-0.39, 0.29) is 6.04 Å². The fourth-order valence-electron chi connectivity index (χ4n) is 4.14. The summed E-state index contributed by atoms with van der Waals surface area (Å²) in [5, 5.41) is 4.93. The van der Waals surface area contributed by atoms with E-state index in [0.717, 1.165) is 46.1 Å². The third-order valence-corrected chi connectivity index (χ3v) is 5.65. The second-order valence-corrected chi connectivity index (χ2v) is 7.51. The van der Waals surface area contributed by atoms with Crippen LogP contribution in [0.15, 0.2) is 89.9 Å². The minimum atomic E-state index is 0.0785. The molecular formula is C26H23N3O. The molecule has 5 rings (SSSR count). The molecule has 0 saturated heterocycles. The molecule has 2 heterocycles. The van der Waals surface area contributed by atoms with Gasteiger partial charge in [0.25, 0.3) is 0 Å². The van der Waals surface area contributed by atoms with Gasteiger partial charge < -0.3 is 4.74 Å². The van der Waals surface area contributed by atoms with Gasteiger partial charge in [0, 0.05) is 12.0 Å². The van der Waals surface area contributed by atoms with E-state index >= 15 is 0 Å². The number of rotatable bonds is 4. The number of aliphatic imine (C=N–C) groups is 1. The van der Waals surface area contributed by atoms with Crippen molar-refractivity contribution in [2.45, 2.75) is 19.4 Å². The highest BCUT2D eigenvalue weighted by Crippen LogP contribution is 2.41. The second kappa shape index (κ2) is 7.64. The van der Waals surface area contributed by atoms with Crippen LogP contribution in [-0.2, 0) is 0 Å². The Balaban J connectivity index is 1.70. The highest BCUT2D eigenvalue weighted by Gasteiger charge is 2.29. The largest absolute Gasteiger partial charge is 0.497 e. The van der Waals surface area contributed by atoms with E-state index in [1.165, 1.54) is 5.56 Å². The lowest BCUT2D eigenvalue weighted by Crippen LogP contribution is -2.21. The van der Waals surface area contributed by atoms with E-state index in [1.807, 2.05) is 24.3 Å².